The van der Waals surface area contributed by atoms with Gasteiger partial charge in [-0.3, -0.25) is 4.79 Å². The molecule has 0 aromatic carbocycles. The third kappa shape index (κ3) is 2.44. The van der Waals surface area contributed by atoms with E-state index in [4.69, 9.17) is 5.11 Å². The van der Waals surface area contributed by atoms with Gasteiger partial charge in [0.05, 0.1) is 6.61 Å². The largest absolute Gasteiger partial charge is 0.455 e. The summed E-state index contributed by atoms with van der Waals surface area (Å²) in [4.78, 5) is 21.9. The SMILES string of the molecule is CC(=O)N[C@@H]1C(=O)O[C@H](CO)[C@@H](O)[C@@H]1O. The molecular formula is C8H13NO6. The van der Waals surface area contributed by atoms with E-state index in [1.165, 1.54) is 6.92 Å². The number of hydrogen-bond acceptors (Lipinski definition) is 6. The first kappa shape index (κ1) is 11.9. The number of rotatable bonds is 2. The Kier molecular flexibility index (Phi) is 3.61. The first-order valence-corrected chi connectivity index (χ1v) is 4.42. The van der Waals surface area contributed by atoms with E-state index in [0.717, 1.165) is 0 Å². The highest BCUT2D eigenvalue weighted by Gasteiger charge is 2.44. The van der Waals surface area contributed by atoms with Gasteiger partial charge in [-0.25, -0.2) is 4.79 Å². The van der Waals surface area contributed by atoms with Gasteiger partial charge < -0.3 is 25.4 Å². The minimum atomic E-state index is -1.48. The number of cyclic esters (lactones) is 1. The number of ether oxygens (including phenoxy) is 1. The zero-order chi connectivity index (χ0) is 11.6. The van der Waals surface area contributed by atoms with Crippen LogP contribution in [0.2, 0.25) is 0 Å². The number of hydrogen-bond donors (Lipinski definition) is 4. The van der Waals surface area contributed by atoms with E-state index in [0.29, 0.717) is 0 Å². The number of aliphatic hydroxyl groups excluding tert-OH is 3. The fourth-order valence-corrected chi connectivity index (χ4v) is 1.36. The van der Waals surface area contributed by atoms with E-state index in [1.807, 2.05) is 0 Å². The van der Waals surface area contributed by atoms with E-state index in [1.54, 1.807) is 0 Å². The highest BCUT2D eigenvalue weighted by molar-refractivity contribution is 5.84. The zero-order valence-electron chi connectivity index (χ0n) is 8.08. The number of carbonyl (C=O) groups excluding carboxylic acids is 2. The summed E-state index contributed by atoms with van der Waals surface area (Å²) in [5, 5.41) is 29.8. The maximum Gasteiger partial charge on any atom is 0.331 e. The van der Waals surface area contributed by atoms with E-state index in [2.05, 4.69) is 10.1 Å². The summed E-state index contributed by atoms with van der Waals surface area (Å²) in [5.74, 6) is -1.40. The Morgan fingerprint density at radius 1 is 1.47 bits per heavy atom. The summed E-state index contributed by atoms with van der Waals surface area (Å²) in [6.07, 6.45) is -4.05. The second kappa shape index (κ2) is 4.56. The molecule has 1 amide bonds. The number of nitrogens with one attached hydrogen (secondary N) is 1. The third-order valence-electron chi connectivity index (χ3n) is 2.13. The van der Waals surface area contributed by atoms with Gasteiger partial charge in [0.15, 0.2) is 12.1 Å². The molecule has 86 valence electrons. The van der Waals surface area contributed by atoms with Gasteiger partial charge in [0.2, 0.25) is 5.91 Å². The molecule has 7 nitrogen and oxygen atoms in total. The summed E-state index contributed by atoms with van der Waals surface area (Å²) < 4.78 is 4.62. The van der Waals surface area contributed by atoms with Crippen LogP contribution in [-0.2, 0) is 14.3 Å². The van der Waals surface area contributed by atoms with Crippen molar-refractivity contribution in [3.05, 3.63) is 0 Å². The molecule has 0 aromatic heterocycles. The van der Waals surface area contributed by atoms with Crippen molar-refractivity contribution in [2.45, 2.75) is 31.3 Å². The Morgan fingerprint density at radius 2 is 2.07 bits per heavy atom. The number of carbonyl (C=O) groups is 2. The summed E-state index contributed by atoms with van der Waals surface area (Å²) >= 11 is 0. The van der Waals surface area contributed by atoms with Crippen molar-refractivity contribution in [2.24, 2.45) is 0 Å². The molecule has 0 aromatic rings. The molecule has 1 aliphatic rings. The molecule has 1 heterocycles. The Hall–Kier alpha value is -1.18. The Labute approximate surface area is 85.7 Å². The quantitative estimate of drug-likeness (QED) is 0.371. The summed E-state index contributed by atoms with van der Waals surface area (Å²) in [6, 6.07) is -1.29. The molecule has 7 heteroatoms. The average molecular weight is 219 g/mol. The fraction of sp³-hybridized carbons (Fsp3) is 0.750. The van der Waals surface area contributed by atoms with Crippen LogP contribution in [0.25, 0.3) is 0 Å². The molecule has 4 N–H and O–H groups in total. The molecule has 15 heavy (non-hydrogen) atoms. The molecule has 0 radical (unpaired) electrons. The standard InChI is InChI=1S/C8H13NO6/c1-3(11)9-5-7(13)6(12)4(2-10)15-8(5)14/h4-7,10,12-13H,2H2,1H3,(H,9,11)/t4-,5+,6-,7-/m1/s1. The maximum atomic E-state index is 11.2. The van der Waals surface area contributed by atoms with Crippen LogP contribution in [-0.4, -0.2) is 58.2 Å². The lowest BCUT2D eigenvalue weighted by atomic mass is 9.98. The van der Waals surface area contributed by atoms with Crippen LogP contribution >= 0.6 is 0 Å². The van der Waals surface area contributed by atoms with Gasteiger partial charge in [0.1, 0.15) is 12.2 Å². The second-order valence-corrected chi connectivity index (χ2v) is 3.32. The van der Waals surface area contributed by atoms with Gasteiger partial charge in [-0.2, -0.15) is 0 Å². The molecule has 1 fully saturated rings. The van der Waals surface area contributed by atoms with Crippen molar-refractivity contribution in [1.29, 1.82) is 0 Å². The average Bonchev–Trinajstić information content (AvgIpc) is 2.18. The van der Waals surface area contributed by atoms with Gasteiger partial charge in [-0.15, -0.1) is 0 Å². The second-order valence-electron chi connectivity index (χ2n) is 3.32. The van der Waals surface area contributed by atoms with Gasteiger partial charge in [0.25, 0.3) is 0 Å². The first-order chi connectivity index (χ1) is 6.97. The van der Waals surface area contributed by atoms with Crippen LogP contribution in [0.4, 0.5) is 0 Å². The van der Waals surface area contributed by atoms with Crippen molar-refractivity contribution in [1.82, 2.24) is 5.32 Å². The summed E-state index contributed by atoms with van der Waals surface area (Å²) in [6.45, 7) is 0.585. The molecule has 1 rings (SSSR count). The van der Waals surface area contributed by atoms with Gasteiger partial charge >= 0.3 is 5.97 Å². The van der Waals surface area contributed by atoms with Crippen LogP contribution in [0, 0.1) is 0 Å². The molecule has 0 aliphatic carbocycles. The van der Waals surface area contributed by atoms with E-state index in [-0.39, 0.29) is 0 Å². The lowest BCUT2D eigenvalue weighted by Crippen LogP contribution is -2.62. The molecule has 0 spiro atoms. The highest BCUT2D eigenvalue weighted by atomic mass is 16.6. The zero-order valence-corrected chi connectivity index (χ0v) is 8.08. The Morgan fingerprint density at radius 3 is 2.53 bits per heavy atom. The molecule has 0 bridgehead atoms. The number of esters is 1. The first-order valence-electron chi connectivity index (χ1n) is 4.42. The summed E-state index contributed by atoms with van der Waals surface area (Å²) in [7, 11) is 0. The van der Waals surface area contributed by atoms with Gasteiger partial charge in [0, 0.05) is 6.92 Å². The number of aliphatic hydroxyl groups is 3. The van der Waals surface area contributed by atoms with Crippen molar-refractivity contribution < 1.29 is 29.6 Å². The molecule has 4 atom stereocenters. The predicted molar refractivity (Wildman–Crippen MR) is 46.6 cm³/mol. The van der Waals surface area contributed by atoms with Gasteiger partial charge in [-0.05, 0) is 0 Å². The molecule has 1 aliphatic heterocycles. The lowest BCUT2D eigenvalue weighted by Gasteiger charge is -2.35. The molecule has 0 unspecified atom stereocenters. The third-order valence-corrected chi connectivity index (χ3v) is 2.13. The van der Waals surface area contributed by atoms with Crippen LogP contribution in [0.5, 0.6) is 0 Å². The molecule has 1 saturated heterocycles. The van der Waals surface area contributed by atoms with E-state index >= 15 is 0 Å². The van der Waals surface area contributed by atoms with E-state index in [9.17, 15) is 19.8 Å². The van der Waals surface area contributed by atoms with Crippen molar-refractivity contribution in [3.8, 4) is 0 Å². The van der Waals surface area contributed by atoms with Crippen molar-refractivity contribution >= 4 is 11.9 Å². The monoisotopic (exact) mass is 219 g/mol. The van der Waals surface area contributed by atoms with Crippen LogP contribution in [0.1, 0.15) is 6.92 Å². The fourth-order valence-electron chi connectivity index (χ4n) is 1.36. The van der Waals surface area contributed by atoms with Crippen LogP contribution < -0.4 is 5.32 Å². The smallest absolute Gasteiger partial charge is 0.331 e. The Bertz CT molecular complexity index is 268. The normalized spacial score (nSPS) is 35.9. The molecular weight excluding hydrogens is 206 g/mol. The maximum absolute atomic E-state index is 11.2. The van der Waals surface area contributed by atoms with Gasteiger partial charge in [-0.1, -0.05) is 0 Å². The van der Waals surface area contributed by atoms with Crippen LogP contribution in [0.15, 0.2) is 0 Å². The lowest BCUT2D eigenvalue weighted by molar-refractivity contribution is -0.189. The van der Waals surface area contributed by atoms with Crippen molar-refractivity contribution in [3.63, 3.8) is 0 Å². The van der Waals surface area contributed by atoms with Crippen LogP contribution in [0.3, 0.4) is 0 Å². The van der Waals surface area contributed by atoms with Crippen molar-refractivity contribution in [2.75, 3.05) is 6.61 Å². The van der Waals surface area contributed by atoms with E-state index < -0.39 is 42.8 Å². The minimum Gasteiger partial charge on any atom is -0.455 e. The Balaban J connectivity index is 2.74. The highest BCUT2D eigenvalue weighted by Crippen LogP contribution is 2.16. The minimum absolute atomic E-state index is 0.523. The summed E-state index contributed by atoms with van der Waals surface area (Å²) in [5.41, 5.74) is 0. The topological polar surface area (TPSA) is 116 Å². The predicted octanol–water partition coefficient (Wildman–Crippen LogP) is -2.87. The number of amides is 1. The molecule has 0 saturated carbocycles.